The average molecular weight is 435 g/mol. The number of nitrogens with zero attached hydrogens (tertiary/aromatic N) is 2. The molecule has 4 heteroatoms. The van der Waals surface area contributed by atoms with Crippen molar-refractivity contribution in [3.63, 3.8) is 0 Å². The monoisotopic (exact) mass is 434 g/mol. The molecule has 1 aromatic carbocycles. The Kier molecular flexibility index (Phi) is 4.84. The minimum Gasteiger partial charge on any atom is -0.390 e. The first-order chi connectivity index (χ1) is 15.3. The number of ketones is 1. The average Bonchev–Trinajstić information content (AvgIpc) is 3.32. The number of carbonyl (C=O) groups is 1. The van der Waals surface area contributed by atoms with E-state index in [1.807, 2.05) is 36.0 Å². The zero-order valence-electron chi connectivity index (χ0n) is 19.7. The van der Waals surface area contributed by atoms with Gasteiger partial charge in [0.15, 0.2) is 5.78 Å². The fraction of sp³-hybridized carbons (Fsp3) is 0.714. The first-order valence-electron chi connectivity index (χ1n) is 13.0. The molecule has 8 atom stereocenters. The van der Waals surface area contributed by atoms with Gasteiger partial charge in [0.2, 0.25) is 0 Å². The quantitative estimate of drug-likeness (QED) is 0.682. The first-order valence-corrected chi connectivity index (χ1v) is 13.0. The molecular weight excluding hydrogens is 396 g/mol. The van der Waals surface area contributed by atoms with E-state index in [4.69, 9.17) is 0 Å². The van der Waals surface area contributed by atoms with Crippen LogP contribution in [0.15, 0.2) is 30.5 Å². The van der Waals surface area contributed by atoms with Gasteiger partial charge in [0.25, 0.3) is 0 Å². The molecule has 172 valence electrons. The fourth-order valence-electron chi connectivity index (χ4n) is 8.98. The second-order valence-electron chi connectivity index (χ2n) is 12.2. The van der Waals surface area contributed by atoms with Gasteiger partial charge in [-0.15, -0.1) is 0 Å². The van der Waals surface area contributed by atoms with E-state index in [9.17, 15) is 9.90 Å². The lowest BCUT2D eigenvalue weighted by Crippen LogP contribution is -2.51. The molecule has 0 spiro atoms. The van der Waals surface area contributed by atoms with Gasteiger partial charge in [0.05, 0.1) is 17.7 Å². The van der Waals surface area contributed by atoms with E-state index in [-0.39, 0.29) is 11.3 Å². The molecule has 4 aliphatic rings. The van der Waals surface area contributed by atoms with Gasteiger partial charge < -0.3 is 5.11 Å². The standard InChI is InChI=1S/C28H38N2O2/c1-27(32)13-11-20-18(15-27)7-8-22-21(20)12-14-28(2)23(22)9-10-24(28)26(31)17-30-16-19-5-3-4-6-25(19)29-30/h3-6,16,18,20-24,32H,7-15,17H2,1-2H3/t18-,20+,21-,22-,23+,24-,27?,28+/m1/s1. The van der Waals surface area contributed by atoms with Gasteiger partial charge in [-0.05, 0) is 106 Å². The van der Waals surface area contributed by atoms with Crippen molar-refractivity contribution >= 4 is 16.7 Å². The molecule has 0 bridgehead atoms. The van der Waals surface area contributed by atoms with Gasteiger partial charge in [0, 0.05) is 17.5 Å². The molecule has 0 radical (unpaired) electrons. The van der Waals surface area contributed by atoms with E-state index in [0.29, 0.717) is 18.2 Å². The smallest absolute Gasteiger partial charge is 0.157 e. The van der Waals surface area contributed by atoms with Gasteiger partial charge in [-0.3, -0.25) is 9.48 Å². The minimum absolute atomic E-state index is 0.165. The highest BCUT2D eigenvalue weighted by Crippen LogP contribution is 2.64. The Hall–Kier alpha value is -1.68. The van der Waals surface area contributed by atoms with Crippen LogP contribution in [0.2, 0.25) is 0 Å². The second-order valence-corrected chi connectivity index (χ2v) is 12.2. The van der Waals surface area contributed by atoms with E-state index in [0.717, 1.165) is 53.8 Å². The predicted octanol–water partition coefficient (Wildman–Crippen LogP) is 5.63. The maximum atomic E-state index is 13.5. The van der Waals surface area contributed by atoms with Crippen LogP contribution in [-0.4, -0.2) is 26.3 Å². The first kappa shape index (κ1) is 20.9. The van der Waals surface area contributed by atoms with Gasteiger partial charge >= 0.3 is 0 Å². The molecule has 0 aliphatic heterocycles. The van der Waals surface area contributed by atoms with Crippen molar-refractivity contribution in [2.45, 2.75) is 83.8 Å². The summed E-state index contributed by atoms with van der Waals surface area (Å²) in [5.41, 5.74) is 0.691. The number of rotatable bonds is 3. The summed E-state index contributed by atoms with van der Waals surface area (Å²) in [5, 5.41) is 16.4. The Morgan fingerprint density at radius 3 is 2.69 bits per heavy atom. The Morgan fingerprint density at radius 2 is 1.84 bits per heavy atom. The van der Waals surface area contributed by atoms with Crippen LogP contribution >= 0.6 is 0 Å². The van der Waals surface area contributed by atoms with Crippen molar-refractivity contribution in [1.82, 2.24) is 9.78 Å². The molecule has 1 unspecified atom stereocenters. The molecule has 1 aromatic heterocycles. The van der Waals surface area contributed by atoms with Crippen LogP contribution in [-0.2, 0) is 11.3 Å². The molecule has 6 rings (SSSR count). The summed E-state index contributed by atoms with van der Waals surface area (Å²) in [6.45, 7) is 4.90. The second kappa shape index (κ2) is 7.41. The number of aromatic nitrogens is 2. The molecule has 4 aliphatic carbocycles. The van der Waals surface area contributed by atoms with Crippen molar-refractivity contribution in [2.24, 2.45) is 40.9 Å². The van der Waals surface area contributed by atoms with Gasteiger partial charge in [-0.25, -0.2) is 0 Å². The van der Waals surface area contributed by atoms with E-state index in [2.05, 4.69) is 18.1 Å². The van der Waals surface area contributed by atoms with E-state index < -0.39 is 5.60 Å². The highest BCUT2D eigenvalue weighted by atomic mass is 16.3. The van der Waals surface area contributed by atoms with Gasteiger partial charge in [-0.1, -0.05) is 25.1 Å². The van der Waals surface area contributed by atoms with Crippen molar-refractivity contribution < 1.29 is 9.90 Å². The number of aliphatic hydroxyl groups is 1. The molecule has 2 aromatic rings. The summed E-state index contributed by atoms with van der Waals surface area (Å²) in [6, 6.07) is 8.12. The molecule has 1 N–H and O–H groups in total. The topological polar surface area (TPSA) is 55.1 Å². The summed E-state index contributed by atoms with van der Waals surface area (Å²) in [7, 11) is 0. The number of carbonyl (C=O) groups excluding carboxylic acids is 1. The number of hydrogen-bond acceptors (Lipinski definition) is 3. The summed E-state index contributed by atoms with van der Waals surface area (Å²) < 4.78 is 1.87. The molecule has 4 fully saturated rings. The zero-order chi connectivity index (χ0) is 22.1. The Balaban J connectivity index is 1.18. The Labute approximate surface area is 191 Å². The molecular formula is C28H38N2O2. The Bertz CT molecular complexity index is 992. The molecule has 0 amide bonds. The summed E-state index contributed by atoms with van der Waals surface area (Å²) in [4.78, 5) is 13.5. The summed E-state index contributed by atoms with van der Waals surface area (Å²) >= 11 is 0. The molecule has 32 heavy (non-hydrogen) atoms. The van der Waals surface area contributed by atoms with E-state index >= 15 is 0 Å². The van der Waals surface area contributed by atoms with Crippen molar-refractivity contribution in [3.05, 3.63) is 30.5 Å². The van der Waals surface area contributed by atoms with Crippen LogP contribution < -0.4 is 0 Å². The minimum atomic E-state index is -0.445. The third-order valence-corrected chi connectivity index (χ3v) is 10.4. The maximum Gasteiger partial charge on any atom is 0.157 e. The normalized spacial score (nSPS) is 43.5. The third-order valence-electron chi connectivity index (χ3n) is 10.4. The number of Topliss-reactive ketones (excluding diaryl/α,β-unsaturated/α-hetero) is 1. The van der Waals surface area contributed by atoms with Crippen LogP contribution in [0, 0.1) is 40.9 Å². The Morgan fingerprint density at radius 1 is 1.03 bits per heavy atom. The highest BCUT2D eigenvalue weighted by Gasteiger charge is 2.58. The van der Waals surface area contributed by atoms with Crippen molar-refractivity contribution in [3.8, 4) is 0 Å². The SMILES string of the molecule is CC1(O)CC[C@H]2[C@H](CC[C@@H]3[C@@H]2CC[C@]2(C)[C@@H](C(=O)Cn4cc5ccccc5n4)CC[C@@H]32)C1. The highest BCUT2D eigenvalue weighted by molar-refractivity contribution is 5.83. The van der Waals surface area contributed by atoms with Gasteiger partial charge in [0.1, 0.15) is 0 Å². The lowest BCUT2D eigenvalue weighted by atomic mass is 9.49. The third kappa shape index (κ3) is 3.28. The maximum absolute atomic E-state index is 13.5. The fourth-order valence-corrected chi connectivity index (χ4v) is 8.98. The van der Waals surface area contributed by atoms with Gasteiger partial charge in [-0.2, -0.15) is 5.10 Å². The van der Waals surface area contributed by atoms with Crippen molar-refractivity contribution in [2.75, 3.05) is 0 Å². The molecule has 4 nitrogen and oxygen atoms in total. The number of benzene rings is 1. The zero-order valence-corrected chi connectivity index (χ0v) is 19.7. The van der Waals surface area contributed by atoms with Crippen LogP contribution in [0.3, 0.4) is 0 Å². The number of fused-ring (bicyclic) bond motifs is 6. The summed E-state index contributed by atoms with van der Waals surface area (Å²) in [5.74, 6) is 4.43. The largest absolute Gasteiger partial charge is 0.390 e. The van der Waals surface area contributed by atoms with Crippen LogP contribution in [0.4, 0.5) is 0 Å². The van der Waals surface area contributed by atoms with Crippen LogP contribution in [0.1, 0.15) is 71.6 Å². The van der Waals surface area contributed by atoms with Crippen LogP contribution in [0.5, 0.6) is 0 Å². The summed E-state index contributed by atoms with van der Waals surface area (Å²) in [6.07, 6.45) is 12.6. The van der Waals surface area contributed by atoms with E-state index in [1.165, 1.54) is 38.5 Å². The lowest BCUT2D eigenvalue weighted by Gasteiger charge is -2.56. The molecule has 1 heterocycles. The number of hydrogen-bond donors (Lipinski definition) is 1. The lowest BCUT2D eigenvalue weighted by molar-refractivity contribution is -0.133. The molecule has 0 saturated heterocycles. The molecule has 4 saturated carbocycles. The van der Waals surface area contributed by atoms with Crippen LogP contribution in [0.25, 0.3) is 10.9 Å². The van der Waals surface area contributed by atoms with Crippen molar-refractivity contribution in [1.29, 1.82) is 0 Å². The van der Waals surface area contributed by atoms with E-state index in [1.54, 1.807) is 0 Å². The predicted molar refractivity (Wildman–Crippen MR) is 126 cm³/mol.